The molecular weight excluding hydrogens is 124 g/mol. The number of hydrogen-bond donors (Lipinski definition) is 0. The fourth-order valence-electron chi connectivity index (χ4n) is 1.17. The van der Waals surface area contributed by atoms with E-state index in [0.717, 1.165) is 12.2 Å². The summed E-state index contributed by atoms with van der Waals surface area (Å²) in [5, 5.41) is 0. The quantitative estimate of drug-likeness (QED) is 0.541. The van der Waals surface area contributed by atoms with Crippen molar-refractivity contribution in [2.24, 2.45) is 5.92 Å². The molecule has 1 aliphatic rings. The largest absolute Gasteiger partial charge is 0.501 e. The van der Waals surface area contributed by atoms with Gasteiger partial charge in [0.25, 0.3) is 0 Å². The molecule has 1 rings (SSSR count). The second-order valence-corrected chi connectivity index (χ2v) is 2.85. The molecule has 0 saturated carbocycles. The summed E-state index contributed by atoms with van der Waals surface area (Å²) in [6, 6.07) is 0. The molecule has 0 aromatic carbocycles. The molecule has 0 bridgehead atoms. The van der Waals surface area contributed by atoms with Crippen LogP contribution in [-0.2, 0) is 4.74 Å². The number of allylic oxidation sites excluding steroid dienone is 4. The molecular formula is C9H14O. The summed E-state index contributed by atoms with van der Waals surface area (Å²) in [6.45, 7) is 4.28. The summed E-state index contributed by atoms with van der Waals surface area (Å²) in [7, 11) is 1.74. The van der Waals surface area contributed by atoms with E-state index >= 15 is 0 Å². The lowest BCUT2D eigenvalue weighted by Crippen LogP contribution is -2.01. The highest BCUT2D eigenvalue weighted by atomic mass is 16.5. The van der Waals surface area contributed by atoms with Crippen molar-refractivity contribution in [3.63, 3.8) is 0 Å². The number of hydrogen-bond acceptors (Lipinski definition) is 1. The molecule has 0 heterocycles. The van der Waals surface area contributed by atoms with Gasteiger partial charge in [0, 0.05) is 6.42 Å². The fourth-order valence-corrected chi connectivity index (χ4v) is 1.17. The molecule has 0 saturated heterocycles. The van der Waals surface area contributed by atoms with Crippen LogP contribution in [0.15, 0.2) is 23.5 Å². The van der Waals surface area contributed by atoms with Crippen LogP contribution in [0.2, 0.25) is 0 Å². The molecule has 10 heavy (non-hydrogen) atoms. The predicted molar refractivity (Wildman–Crippen MR) is 42.6 cm³/mol. The molecule has 0 amide bonds. The van der Waals surface area contributed by atoms with Gasteiger partial charge in [-0.2, -0.15) is 0 Å². The first-order chi connectivity index (χ1) is 4.74. The van der Waals surface area contributed by atoms with Crippen molar-refractivity contribution >= 4 is 0 Å². The zero-order valence-corrected chi connectivity index (χ0v) is 6.85. The average molecular weight is 138 g/mol. The van der Waals surface area contributed by atoms with E-state index in [-0.39, 0.29) is 0 Å². The van der Waals surface area contributed by atoms with Crippen molar-refractivity contribution in [2.75, 3.05) is 7.11 Å². The van der Waals surface area contributed by atoms with Crippen LogP contribution in [0.3, 0.4) is 0 Å². The van der Waals surface area contributed by atoms with Gasteiger partial charge < -0.3 is 4.74 Å². The highest BCUT2D eigenvalue weighted by Gasteiger charge is 2.09. The molecule has 0 N–H and O–H groups in total. The number of methoxy groups -OCH3 is 1. The van der Waals surface area contributed by atoms with Gasteiger partial charge in [-0.15, -0.1) is 0 Å². The van der Waals surface area contributed by atoms with Gasteiger partial charge in [-0.05, 0) is 18.4 Å². The minimum atomic E-state index is 0.638. The molecule has 1 atom stereocenters. The Hall–Kier alpha value is -0.720. The van der Waals surface area contributed by atoms with Crippen molar-refractivity contribution in [3.05, 3.63) is 23.5 Å². The van der Waals surface area contributed by atoms with E-state index in [1.165, 1.54) is 5.57 Å². The van der Waals surface area contributed by atoms with Crippen LogP contribution in [0.4, 0.5) is 0 Å². The fraction of sp³-hybridized carbons (Fsp3) is 0.556. The maximum Gasteiger partial charge on any atom is 0.0990 e. The second kappa shape index (κ2) is 2.91. The SMILES string of the molecule is COC1=C(C)C=CC(C)C1. The van der Waals surface area contributed by atoms with E-state index < -0.39 is 0 Å². The summed E-state index contributed by atoms with van der Waals surface area (Å²) in [5.41, 5.74) is 1.26. The number of rotatable bonds is 1. The maximum atomic E-state index is 5.20. The first-order valence-electron chi connectivity index (χ1n) is 3.66. The average Bonchev–Trinajstić information content (AvgIpc) is 1.94. The molecule has 0 fully saturated rings. The van der Waals surface area contributed by atoms with E-state index in [2.05, 4.69) is 26.0 Å². The topological polar surface area (TPSA) is 9.23 Å². The third-order valence-corrected chi connectivity index (χ3v) is 1.87. The standard InChI is InChI=1S/C9H14O/c1-7-4-5-8(2)9(6-7)10-3/h4-5,7H,6H2,1-3H3. The van der Waals surface area contributed by atoms with Gasteiger partial charge in [-0.3, -0.25) is 0 Å². The Morgan fingerprint density at radius 2 is 2.30 bits per heavy atom. The highest BCUT2D eigenvalue weighted by Crippen LogP contribution is 2.22. The number of ether oxygens (including phenoxy) is 1. The van der Waals surface area contributed by atoms with Crippen molar-refractivity contribution in [1.29, 1.82) is 0 Å². The van der Waals surface area contributed by atoms with Crippen LogP contribution in [0, 0.1) is 5.92 Å². The lowest BCUT2D eigenvalue weighted by molar-refractivity contribution is 0.263. The summed E-state index contributed by atoms with van der Waals surface area (Å²) in [4.78, 5) is 0. The molecule has 0 radical (unpaired) electrons. The van der Waals surface area contributed by atoms with Gasteiger partial charge in [0.05, 0.1) is 12.9 Å². The Morgan fingerprint density at radius 1 is 1.60 bits per heavy atom. The zero-order chi connectivity index (χ0) is 7.56. The minimum absolute atomic E-state index is 0.638. The van der Waals surface area contributed by atoms with Crippen LogP contribution >= 0.6 is 0 Å². The van der Waals surface area contributed by atoms with E-state index in [1.54, 1.807) is 7.11 Å². The molecule has 0 aromatic rings. The maximum absolute atomic E-state index is 5.20. The Kier molecular flexibility index (Phi) is 2.15. The van der Waals surface area contributed by atoms with Crippen LogP contribution in [0.25, 0.3) is 0 Å². The van der Waals surface area contributed by atoms with Crippen LogP contribution in [0.1, 0.15) is 20.3 Å². The highest BCUT2D eigenvalue weighted by molar-refractivity contribution is 5.25. The van der Waals surface area contributed by atoms with Crippen LogP contribution in [0.5, 0.6) is 0 Å². The van der Waals surface area contributed by atoms with E-state index in [0.29, 0.717) is 5.92 Å². The molecule has 1 heteroatoms. The van der Waals surface area contributed by atoms with E-state index in [1.807, 2.05) is 0 Å². The summed E-state index contributed by atoms with van der Waals surface area (Å²) >= 11 is 0. The van der Waals surface area contributed by atoms with Crippen molar-refractivity contribution in [1.82, 2.24) is 0 Å². The van der Waals surface area contributed by atoms with Gasteiger partial charge in [-0.1, -0.05) is 19.1 Å². The molecule has 1 unspecified atom stereocenters. The Balaban J connectivity index is 2.74. The van der Waals surface area contributed by atoms with E-state index in [9.17, 15) is 0 Å². The first kappa shape index (κ1) is 7.39. The molecule has 0 aromatic heterocycles. The van der Waals surface area contributed by atoms with E-state index in [4.69, 9.17) is 4.74 Å². The lowest BCUT2D eigenvalue weighted by Gasteiger charge is -2.16. The van der Waals surface area contributed by atoms with Gasteiger partial charge in [0.15, 0.2) is 0 Å². The Bertz CT molecular complexity index is 177. The Labute approximate surface area is 62.4 Å². The molecule has 1 aliphatic carbocycles. The smallest absolute Gasteiger partial charge is 0.0990 e. The second-order valence-electron chi connectivity index (χ2n) is 2.85. The summed E-state index contributed by atoms with van der Waals surface area (Å²) in [6.07, 6.45) is 5.41. The minimum Gasteiger partial charge on any atom is -0.501 e. The normalized spacial score (nSPS) is 25.3. The molecule has 0 aliphatic heterocycles. The van der Waals surface area contributed by atoms with Gasteiger partial charge in [0.2, 0.25) is 0 Å². The van der Waals surface area contributed by atoms with Crippen molar-refractivity contribution in [3.8, 4) is 0 Å². The predicted octanol–water partition coefficient (Wildman–Crippen LogP) is 2.50. The summed E-state index contributed by atoms with van der Waals surface area (Å²) in [5.74, 6) is 1.77. The third kappa shape index (κ3) is 1.41. The first-order valence-corrected chi connectivity index (χ1v) is 3.66. The van der Waals surface area contributed by atoms with Gasteiger partial charge in [-0.25, -0.2) is 0 Å². The summed E-state index contributed by atoms with van der Waals surface area (Å²) < 4.78 is 5.20. The van der Waals surface area contributed by atoms with Crippen molar-refractivity contribution in [2.45, 2.75) is 20.3 Å². The Morgan fingerprint density at radius 3 is 2.80 bits per heavy atom. The monoisotopic (exact) mass is 138 g/mol. The third-order valence-electron chi connectivity index (χ3n) is 1.87. The molecule has 0 spiro atoms. The van der Waals surface area contributed by atoms with Crippen LogP contribution < -0.4 is 0 Å². The molecule has 1 nitrogen and oxygen atoms in total. The zero-order valence-electron chi connectivity index (χ0n) is 6.85. The lowest BCUT2D eigenvalue weighted by atomic mass is 9.97. The van der Waals surface area contributed by atoms with Crippen molar-refractivity contribution < 1.29 is 4.74 Å². The van der Waals surface area contributed by atoms with Crippen LogP contribution in [-0.4, -0.2) is 7.11 Å². The molecule has 56 valence electrons. The van der Waals surface area contributed by atoms with Gasteiger partial charge in [0.1, 0.15) is 0 Å². The van der Waals surface area contributed by atoms with Gasteiger partial charge >= 0.3 is 0 Å².